The van der Waals surface area contributed by atoms with Gasteiger partial charge in [-0.2, -0.15) is 0 Å². The molecule has 0 aromatic carbocycles. The van der Waals surface area contributed by atoms with Gasteiger partial charge in [0.05, 0.1) is 22.2 Å². The fourth-order valence-corrected chi connectivity index (χ4v) is 7.60. The average molecular weight is 567 g/mol. The zero-order valence-corrected chi connectivity index (χ0v) is 26.7. The van der Waals surface area contributed by atoms with Crippen molar-refractivity contribution in [1.29, 1.82) is 0 Å². The fourth-order valence-electron chi connectivity index (χ4n) is 7.60. The number of carbonyl (C=O) groups excluding carboxylic acids is 2. The van der Waals surface area contributed by atoms with E-state index in [9.17, 15) is 9.59 Å². The molecule has 0 fully saturated rings. The molecule has 42 heavy (non-hydrogen) atoms. The first-order valence-electron chi connectivity index (χ1n) is 16.1. The van der Waals surface area contributed by atoms with E-state index >= 15 is 0 Å². The Balaban J connectivity index is 2.05. The predicted molar refractivity (Wildman–Crippen MR) is 172 cm³/mol. The van der Waals surface area contributed by atoms with Crippen molar-refractivity contribution in [3.05, 3.63) is 69.3 Å². The molecule has 5 rings (SSSR count). The van der Waals surface area contributed by atoms with Gasteiger partial charge in [0.2, 0.25) is 0 Å². The van der Waals surface area contributed by atoms with Crippen LogP contribution in [0.15, 0.2) is 24.3 Å². The number of rotatable bonds is 8. The molecule has 8 bridgehead atoms. The van der Waals surface area contributed by atoms with Crippen LogP contribution in [0.2, 0.25) is 0 Å². The Hall–Kier alpha value is -3.54. The lowest BCUT2D eigenvalue weighted by atomic mass is 9.74. The fraction of sp³-hybridized carbons (Fsp3) is 0.500. The molecule has 6 nitrogen and oxygen atoms in total. The monoisotopic (exact) mass is 566 g/mol. The molecule has 0 saturated heterocycles. The molecule has 2 N–H and O–H groups in total. The Bertz CT molecular complexity index is 1710. The van der Waals surface area contributed by atoms with Crippen LogP contribution in [-0.2, 0) is 36.5 Å². The van der Waals surface area contributed by atoms with Crippen molar-refractivity contribution < 1.29 is 9.59 Å². The molecule has 2 aliphatic rings. The lowest BCUT2D eigenvalue weighted by molar-refractivity contribution is 0.0873. The summed E-state index contributed by atoms with van der Waals surface area (Å²) < 4.78 is 0. The molecule has 0 saturated carbocycles. The van der Waals surface area contributed by atoms with E-state index in [2.05, 4.69) is 63.6 Å². The van der Waals surface area contributed by atoms with Gasteiger partial charge in [-0.05, 0) is 97.9 Å². The number of nitrogens with one attached hydrogen (secondary N) is 2. The van der Waals surface area contributed by atoms with Gasteiger partial charge in [-0.3, -0.25) is 9.59 Å². The van der Waals surface area contributed by atoms with E-state index in [1.807, 2.05) is 26.0 Å². The summed E-state index contributed by atoms with van der Waals surface area (Å²) in [6.07, 6.45) is 6.04. The number of aromatic amines is 2. The van der Waals surface area contributed by atoms with Crippen molar-refractivity contribution in [2.75, 3.05) is 0 Å². The average Bonchev–Trinajstić information content (AvgIpc) is 3.67. The maximum atomic E-state index is 14.2. The van der Waals surface area contributed by atoms with Crippen LogP contribution in [0.1, 0.15) is 136 Å². The highest BCUT2D eigenvalue weighted by Gasteiger charge is 2.47. The van der Waals surface area contributed by atoms with Crippen LogP contribution in [0.25, 0.3) is 22.1 Å². The van der Waals surface area contributed by atoms with Gasteiger partial charge in [0.25, 0.3) is 0 Å². The molecule has 2 aliphatic heterocycles. The second-order valence-electron chi connectivity index (χ2n) is 11.8. The highest BCUT2D eigenvalue weighted by Crippen LogP contribution is 2.42. The second-order valence-corrected chi connectivity index (χ2v) is 11.8. The van der Waals surface area contributed by atoms with Gasteiger partial charge in [-0.1, -0.05) is 55.4 Å². The third-order valence-electron chi connectivity index (χ3n) is 10.3. The summed E-state index contributed by atoms with van der Waals surface area (Å²) in [5.41, 5.74) is 10.0. The highest BCUT2D eigenvalue weighted by atomic mass is 16.1. The number of fused-ring (bicyclic) bond motifs is 8. The van der Waals surface area contributed by atoms with E-state index < -0.39 is 10.8 Å². The summed E-state index contributed by atoms with van der Waals surface area (Å²) in [4.78, 5) is 45.7. The van der Waals surface area contributed by atoms with Crippen LogP contribution in [0.4, 0.5) is 0 Å². The first-order chi connectivity index (χ1) is 20.2. The smallest absolute Gasteiger partial charge is 0.193 e. The zero-order chi connectivity index (χ0) is 30.4. The number of carbonyl (C=O) groups is 2. The number of aryl methyl sites for hydroxylation is 4. The first-order valence-corrected chi connectivity index (χ1v) is 16.1. The lowest BCUT2D eigenvalue weighted by Crippen LogP contribution is -2.32. The number of Topliss-reactive ketones (excluding diaryl/α,β-unsaturated/α-hetero) is 2. The van der Waals surface area contributed by atoms with E-state index in [-0.39, 0.29) is 11.6 Å². The minimum absolute atomic E-state index is 0.0248. The van der Waals surface area contributed by atoms with Crippen molar-refractivity contribution in [2.45, 2.75) is 118 Å². The van der Waals surface area contributed by atoms with E-state index in [0.717, 1.165) is 53.4 Å². The van der Waals surface area contributed by atoms with Crippen LogP contribution in [-0.4, -0.2) is 31.5 Å². The summed E-state index contributed by atoms with van der Waals surface area (Å²) in [5, 5.41) is 0. The summed E-state index contributed by atoms with van der Waals surface area (Å²) >= 11 is 0. The molecule has 222 valence electrons. The molecule has 0 atom stereocenters. The van der Waals surface area contributed by atoms with Crippen LogP contribution < -0.4 is 0 Å². The van der Waals surface area contributed by atoms with Crippen LogP contribution in [0.5, 0.6) is 0 Å². The zero-order valence-electron chi connectivity index (χ0n) is 26.7. The van der Waals surface area contributed by atoms with Gasteiger partial charge < -0.3 is 9.97 Å². The molecule has 0 amide bonds. The SMILES string of the molecule is CCc1c(CC)c2cc3[nH]c(cc4nc(cc5nc(cc1[nH]2)C(=O)C5(CC)CC)C(=O)C4(CC)CC)c(CC)c3CC. The minimum atomic E-state index is -0.767. The number of nitrogens with zero attached hydrogens (tertiary/aromatic N) is 2. The van der Waals surface area contributed by atoms with Crippen molar-refractivity contribution in [3.63, 3.8) is 0 Å². The minimum Gasteiger partial charge on any atom is -0.355 e. The van der Waals surface area contributed by atoms with Crippen LogP contribution in [0, 0.1) is 0 Å². The Morgan fingerprint density at radius 3 is 1.21 bits per heavy atom. The van der Waals surface area contributed by atoms with Crippen molar-refractivity contribution in [3.8, 4) is 0 Å². The second kappa shape index (κ2) is 11.3. The lowest BCUT2D eigenvalue weighted by Gasteiger charge is -2.24. The summed E-state index contributed by atoms with van der Waals surface area (Å²) in [6, 6.07) is 8.11. The van der Waals surface area contributed by atoms with Gasteiger partial charge in [0.15, 0.2) is 11.6 Å². The molecular formula is C36H46N4O2. The number of aromatic nitrogens is 4. The van der Waals surface area contributed by atoms with Crippen molar-refractivity contribution in [1.82, 2.24) is 19.9 Å². The topological polar surface area (TPSA) is 91.5 Å². The molecular weight excluding hydrogens is 520 g/mol. The van der Waals surface area contributed by atoms with Gasteiger partial charge in [-0.15, -0.1) is 0 Å². The van der Waals surface area contributed by atoms with Crippen molar-refractivity contribution in [2.24, 2.45) is 0 Å². The number of hydrogen-bond donors (Lipinski definition) is 2. The molecule has 0 unspecified atom stereocenters. The summed E-state index contributed by atoms with van der Waals surface area (Å²) in [6.45, 7) is 17.0. The van der Waals surface area contributed by atoms with E-state index in [1.165, 1.54) is 22.3 Å². The van der Waals surface area contributed by atoms with Gasteiger partial charge in [-0.25, -0.2) is 9.97 Å². The van der Waals surface area contributed by atoms with Crippen molar-refractivity contribution >= 4 is 33.6 Å². The Morgan fingerprint density at radius 2 is 0.833 bits per heavy atom. The van der Waals surface area contributed by atoms with Gasteiger partial charge >= 0.3 is 0 Å². The van der Waals surface area contributed by atoms with E-state index in [1.54, 1.807) is 0 Å². The molecule has 0 spiro atoms. The molecule has 0 radical (unpaired) electrons. The number of hydrogen-bond acceptors (Lipinski definition) is 4. The van der Waals surface area contributed by atoms with Gasteiger partial charge in [0, 0.05) is 22.1 Å². The normalized spacial score (nSPS) is 15.9. The van der Waals surface area contributed by atoms with Gasteiger partial charge in [0.1, 0.15) is 11.4 Å². The third kappa shape index (κ3) is 4.20. The van der Waals surface area contributed by atoms with E-state index in [4.69, 9.17) is 9.97 Å². The van der Waals surface area contributed by atoms with Crippen LogP contribution in [0.3, 0.4) is 0 Å². The molecule has 3 aromatic heterocycles. The molecule has 0 aliphatic carbocycles. The first kappa shape index (κ1) is 29.9. The number of ketones is 2. The summed E-state index contributed by atoms with van der Waals surface area (Å²) in [5.74, 6) is 0.0510. The maximum Gasteiger partial charge on any atom is 0.193 e. The highest BCUT2D eigenvalue weighted by molar-refractivity contribution is 6.07. The Kier molecular flexibility index (Phi) is 8.04. The van der Waals surface area contributed by atoms with Crippen LogP contribution >= 0.6 is 0 Å². The Morgan fingerprint density at radius 1 is 0.500 bits per heavy atom. The summed E-state index contributed by atoms with van der Waals surface area (Å²) in [7, 11) is 0. The predicted octanol–water partition coefficient (Wildman–Crippen LogP) is 8.45. The molecule has 3 aromatic rings. The standard InChI is InChI=1S/C36H46N4O2/c1-9-21-22(10-2)27-18-29-33(41)36(15-7,16-8)32(39-29)20-30-34(42)35(13-5,14-6)31(40-30)19-28-24(12-4)23(11-3)26(38-28)17-25(21)37-27/h17-20,37-38H,9-16H2,1-8H3. The maximum absolute atomic E-state index is 14.2. The largest absolute Gasteiger partial charge is 0.355 e. The third-order valence-corrected chi connectivity index (χ3v) is 10.3. The Labute approximate surface area is 249 Å². The molecule has 5 heterocycles. The number of H-pyrrole nitrogens is 2. The quantitative estimate of drug-likeness (QED) is 0.286. The molecule has 6 heteroatoms. The van der Waals surface area contributed by atoms with E-state index in [0.29, 0.717) is 42.8 Å².